The monoisotopic (exact) mass is 163 g/mol. The van der Waals surface area contributed by atoms with E-state index >= 15 is 0 Å². The highest BCUT2D eigenvalue weighted by molar-refractivity contribution is 7.04. The number of hydrogen-bond acceptors (Lipinski definition) is 2. The molecule has 1 heterocycles. The third-order valence-electron chi connectivity index (χ3n) is 1.95. The van der Waals surface area contributed by atoms with Crippen molar-refractivity contribution in [1.82, 2.24) is 4.37 Å². The van der Waals surface area contributed by atoms with Gasteiger partial charge in [0, 0.05) is 10.8 Å². The van der Waals surface area contributed by atoms with Crippen molar-refractivity contribution < 1.29 is 0 Å². The van der Waals surface area contributed by atoms with E-state index in [4.69, 9.17) is 0 Å². The molecule has 0 bridgehead atoms. The predicted molar refractivity (Wildman–Crippen MR) is 49.1 cm³/mol. The van der Waals surface area contributed by atoms with Gasteiger partial charge in [0.1, 0.15) is 0 Å². The van der Waals surface area contributed by atoms with E-state index in [1.54, 1.807) is 0 Å². The van der Waals surface area contributed by atoms with Gasteiger partial charge >= 0.3 is 0 Å². The van der Waals surface area contributed by atoms with Crippen LogP contribution < -0.4 is 0 Å². The van der Waals surface area contributed by atoms with Gasteiger partial charge in [-0.3, -0.25) is 0 Å². The van der Waals surface area contributed by atoms with Crippen molar-refractivity contribution in [3.8, 4) is 0 Å². The van der Waals surface area contributed by atoms with Crippen molar-refractivity contribution in [2.75, 3.05) is 0 Å². The highest BCUT2D eigenvalue weighted by atomic mass is 32.1. The van der Waals surface area contributed by atoms with Crippen molar-refractivity contribution in [3.05, 3.63) is 28.6 Å². The molecule has 0 fully saturated rings. The van der Waals surface area contributed by atoms with Crippen molar-refractivity contribution in [2.45, 2.75) is 13.8 Å². The Balaban J connectivity index is 2.96. The lowest BCUT2D eigenvalue weighted by atomic mass is 10.1. The first kappa shape index (κ1) is 6.80. The molecule has 1 aromatic carbocycles. The lowest BCUT2D eigenvalue weighted by Crippen LogP contribution is -1.78. The molecule has 2 rings (SSSR count). The van der Waals surface area contributed by atoms with Gasteiger partial charge < -0.3 is 0 Å². The minimum atomic E-state index is 1.16. The first-order chi connectivity index (χ1) is 5.29. The van der Waals surface area contributed by atoms with Crippen LogP contribution in [0.5, 0.6) is 0 Å². The fraction of sp³-hybridized carbons (Fsp3) is 0.222. The van der Waals surface area contributed by atoms with Crippen LogP contribution in [0.25, 0.3) is 10.9 Å². The fourth-order valence-corrected chi connectivity index (χ4v) is 2.02. The number of rotatable bonds is 0. The van der Waals surface area contributed by atoms with Crippen LogP contribution in [0.1, 0.15) is 11.1 Å². The number of hydrogen-bond donors (Lipinski definition) is 0. The molecule has 11 heavy (non-hydrogen) atoms. The van der Waals surface area contributed by atoms with E-state index in [1.807, 2.05) is 0 Å². The van der Waals surface area contributed by atoms with Crippen LogP contribution in [0, 0.1) is 13.8 Å². The molecule has 0 aliphatic carbocycles. The average molecular weight is 163 g/mol. The van der Waals surface area contributed by atoms with E-state index in [0.717, 1.165) is 5.52 Å². The third-order valence-corrected chi connectivity index (χ3v) is 2.58. The van der Waals surface area contributed by atoms with Gasteiger partial charge in [-0.1, -0.05) is 12.1 Å². The summed E-state index contributed by atoms with van der Waals surface area (Å²) in [4.78, 5) is 0. The number of aryl methyl sites for hydroxylation is 2. The third kappa shape index (κ3) is 0.942. The van der Waals surface area contributed by atoms with Crippen molar-refractivity contribution >= 4 is 22.4 Å². The largest absolute Gasteiger partial charge is 0.192 e. The van der Waals surface area contributed by atoms with Gasteiger partial charge in [0.15, 0.2) is 0 Å². The fourth-order valence-electron chi connectivity index (χ4n) is 1.22. The molecule has 1 aromatic heterocycles. The molecule has 0 spiro atoms. The smallest absolute Gasteiger partial charge is 0.0872 e. The van der Waals surface area contributed by atoms with Gasteiger partial charge in [-0.05, 0) is 36.5 Å². The second-order valence-electron chi connectivity index (χ2n) is 2.78. The van der Waals surface area contributed by atoms with Gasteiger partial charge in [0.25, 0.3) is 0 Å². The summed E-state index contributed by atoms with van der Waals surface area (Å²) >= 11 is 1.53. The second kappa shape index (κ2) is 2.31. The summed E-state index contributed by atoms with van der Waals surface area (Å²) < 4.78 is 4.32. The van der Waals surface area contributed by atoms with Gasteiger partial charge in [0.2, 0.25) is 0 Å². The molecule has 0 aliphatic rings. The second-order valence-corrected chi connectivity index (χ2v) is 3.41. The Kier molecular flexibility index (Phi) is 1.43. The van der Waals surface area contributed by atoms with E-state index in [0.29, 0.717) is 0 Å². The molecule has 0 radical (unpaired) electrons. The van der Waals surface area contributed by atoms with E-state index in [1.165, 1.54) is 28.0 Å². The highest BCUT2D eigenvalue weighted by Gasteiger charge is 2.01. The Hall–Kier alpha value is -0.890. The molecule has 0 saturated carbocycles. The van der Waals surface area contributed by atoms with E-state index in [2.05, 4.69) is 35.7 Å². The number of benzene rings is 1. The Morgan fingerprint density at radius 3 is 2.64 bits per heavy atom. The maximum absolute atomic E-state index is 4.32. The minimum absolute atomic E-state index is 1.16. The number of fused-ring (bicyclic) bond motifs is 1. The van der Waals surface area contributed by atoms with Crippen LogP contribution in [0.4, 0.5) is 0 Å². The molecule has 0 aliphatic heterocycles. The summed E-state index contributed by atoms with van der Waals surface area (Å²) in [6, 6.07) is 4.27. The Bertz CT molecular complexity index is 353. The first-order valence-electron chi connectivity index (χ1n) is 3.59. The molecule has 2 heteroatoms. The Morgan fingerprint density at radius 1 is 1.18 bits per heavy atom. The van der Waals surface area contributed by atoms with Crippen molar-refractivity contribution in [1.29, 1.82) is 0 Å². The molecule has 56 valence electrons. The van der Waals surface area contributed by atoms with Gasteiger partial charge in [0.05, 0.1) is 5.52 Å². The SMILES string of the molecule is Cc1ccc(C)c2nscc12. The molecular weight excluding hydrogens is 154 g/mol. The van der Waals surface area contributed by atoms with Crippen LogP contribution in [0.3, 0.4) is 0 Å². The topological polar surface area (TPSA) is 12.9 Å². The zero-order valence-corrected chi connectivity index (χ0v) is 7.40. The summed E-state index contributed by atoms with van der Waals surface area (Å²) in [5.74, 6) is 0. The van der Waals surface area contributed by atoms with E-state index in [-0.39, 0.29) is 0 Å². The van der Waals surface area contributed by atoms with Crippen LogP contribution >= 0.6 is 11.5 Å². The Labute approximate surface area is 69.8 Å². The van der Waals surface area contributed by atoms with Crippen molar-refractivity contribution in [2.24, 2.45) is 0 Å². The molecule has 1 nitrogen and oxygen atoms in total. The standard InChI is InChI=1S/C9H9NS/c1-6-3-4-7(2)9-8(6)5-11-10-9/h3-5H,1-2H3. The summed E-state index contributed by atoms with van der Waals surface area (Å²) in [6.45, 7) is 4.22. The lowest BCUT2D eigenvalue weighted by molar-refractivity contribution is 1.44. The lowest BCUT2D eigenvalue weighted by Gasteiger charge is -1.96. The molecule has 2 aromatic rings. The Morgan fingerprint density at radius 2 is 1.91 bits per heavy atom. The minimum Gasteiger partial charge on any atom is -0.192 e. The number of nitrogens with zero attached hydrogens (tertiary/aromatic N) is 1. The normalized spacial score (nSPS) is 10.7. The van der Waals surface area contributed by atoms with Gasteiger partial charge in [-0.25, -0.2) is 0 Å². The summed E-state index contributed by atoms with van der Waals surface area (Å²) in [7, 11) is 0. The van der Waals surface area contributed by atoms with E-state index in [9.17, 15) is 0 Å². The van der Waals surface area contributed by atoms with Crippen LogP contribution in [0.15, 0.2) is 17.5 Å². The molecule has 0 N–H and O–H groups in total. The van der Waals surface area contributed by atoms with Gasteiger partial charge in [-0.2, -0.15) is 4.37 Å². The van der Waals surface area contributed by atoms with Gasteiger partial charge in [-0.15, -0.1) is 0 Å². The molecule has 0 saturated heterocycles. The maximum Gasteiger partial charge on any atom is 0.0872 e. The summed E-state index contributed by atoms with van der Waals surface area (Å²) in [5, 5.41) is 3.41. The summed E-state index contributed by atoms with van der Waals surface area (Å²) in [5.41, 5.74) is 3.75. The van der Waals surface area contributed by atoms with E-state index < -0.39 is 0 Å². The number of aromatic nitrogens is 1. The molecular formula is C9H9NS. The van der Waals surface area contributed by atoms with Crippen LogP contribution in [-0.2, 0) is 0 Å². The molecule has 0 atom stereocenters. The zero-order chi connectivity index (χ0) is 7.84. The predicted octanol–water partition coefficient (Wildman–Crippen LogP) is 2.91. The zero-order valence-electron chi connectivity index (χ0n) is 6.59. The average Bonchev–Trinajstić information content (AvgIpc) is 2.45. The first-order valence-corrected chi connectivity index (χ1v) is 4.43. The quantitative estimate of drug-likeness (QED) is 0.582. The molecule has 0 unspecified atom stereocenters. The highest BCUT2D eigenvalue weighted by Crippen LogP contribution is 2.22. The van der Waals surface area contributed by atoms with Crippen LogP contribution in [0.2, 0.25) is 0 Å². The summed E-state index contributed by atoms with van der Waals surface area (Å²) in [6.07, 6.45) is 0. The van der Waals surface area contributed by atoms with Crippen molar-refractivity contribution in [3.63, 3.8) is 0 Å². The molecule has 0 amide bonds. The maximum atomic E-state index is 4.32. The van der Waals surface area contributed by atoms with Crippen LogP contribution in [-0.4, -0.2) is 4.37 Å².